The molecule has 0 aliphatic rings. The first kappa shape index (κ1) is 18.4. The van der Waals surface area contributed by atoms with Crippen molar-refractivity contribution >= 4 is 5.91 Å². The summed E-state index contributed by atoms with van der Waals surface area (Å²) in [4.78, 5) is 13.9. The van der Waals surface area contributed by atoms with E-state index in [4.69, 9.17) is 10.00 Å². The van der Waals surface area contributed by atoms with E-state index >= 15 is 0 Å². The highest BCUT2D eigenvalue weighted by Gasteiger charge is 2.24. The third kappa shape index (κ3) is 4.32. The molecule has 25 heavy (non-hydrogen) atoms. The molecule has 6 heteroatoms. The van der Waals surface area contributed by atoms with Crippen molar-refractivity contribution in [2.75, 3.05) is 7.05 Å². The van der Waals surface area contributed by atoms with E-state index in [2.05, 4.69) is 0 Å². The van der Waals surface area contributed by atoms with Crippen LogP contribution < -0.4 is 4.74 Å². The van der Waals surface area contributed by atoms with E-state index in [9.17, 15) is 13.6 Å². The molecule has 0 N–H and O–H groups in total. The van der Waals surface area contributed by atoms with Crippen LogP contribution in [0.15, 0.2) is 42.5 Å². The third-order valence-electron chi connectivity index (χ3n) is 4.00. The van der Waals surface area contributed by atoms with E-state index in [1.165, 1.54) is 11.0 Å². The number of hydrogen-bond acceptors (Lipinski definition) is 3. The molecule has 1 amide bonds. The first-order valence-corrected chi connectivity index (χ1v) is 7.72. The molecule has 2 unspecified atom stereocenters. The summed E-state index contributed by atoms with van der Waals surface area (Å²) in [5.41, 5.74) is 0.982. The van der Waals surface area contributed by atoms with Gasteiger partial charge in [0.1, 0.15) is 5.75 Å². The highest BCUT2D eigenvalue weighted by Crippen LogP contribution is 2.22. The Labute approximate surface area is 145 Å². The first-order chi connectivity index (χ1) is 11.8. The van der Waals surface area contributed by atoms with Crippen LogP contribution in [0.25, 0.3) is 0 Å². The molecule has 2 aromatic rings. The van der Waals surface area contributed by atoms with Crippen molar-refractivity contribution < 1.29 is 18.3 Å². The predicted octanol–water partition coefficient (Wildman–Crippen LogP) is 3.82. The first-order valence-electron chi connectivity index (χ1n) is 7.72. The summed E-state index contributed by atoms with van der Waals surface area (Å²) in [5.74, 6) is -1.72. The van der Waals surface area contributed by atoms with Crippen molar-refractivity contribution in [1.29, 1.82) is 5.26 Å². The Bertz CT molecular complexity index is 800. The van der Waals surface area contributed by atoms with Crippen molar-refractivity contribution in [3.63, 3.8) is 0 Å². The van der Waals surface area contributed by atoms with Crippen molar-refractivity contribution in [3.05, 3.63) is 65.2 Å². The van der Waals surface area contributed by atoms with Crippen LogP contribution in [0.1, 0.15) is 31.0 Å². The molecule has 0 aliphatic carbocycles. The normalized spacial score (nSPS) is 12.8. The molecule has 0 heterocycles. The summed E-state index contributed by atoms with van der Waals surface area (Å²) in [6.45, 7) is 3.33. The number of nitriles is 1. The van der Waals surface area contributed by atoms with E-state index in [1.807, 2.05) is 6.07 Å². The quantitative estimate of drug-likeness (QED) is 0.828. The fraction of sp³-hybridized carbons (Fsp3) is 0.263. The van der Waals surface area contributed by atoms with Gasteiger partial charge in [0.2, 0.25) is 0 Å². The van der Waals surface area contributed by atoms with E-state index in [0.717, 1.165) is 12.1 Å². The molecule has 2 rings (SSSR count). The maximum atomic E-state index is 13.4. The van der Waals surface area contributed by atoms with Gasteiger partial charge in [0, 0.05) is 7.05 Å². The Morgan fingerprint density at radius 2 is 1.76 bits per heavy atom. The third-order valence-corrected chi connectivity index (χ3v) is 4.00. The molecule has 0 fully saturated rings. The van der Waals surface area contributed by atoms with Crippen molar-refractivity contribution in [2.45, 2.75) is 26.0 Å². The second kappa shape index (κ2) is 7.75. The Morgan fingerprint density at radius 1 is 1.12 bits per heavy atom. The molecule has 0 bridgehead atoms. The number of carbonyl (C=O) groups excluding carboxylic acids is 1. The topological polar surface area (TPSA) is 53.3 Å². The predicted molar refractivity (Wildman–Crippen MR) is 88.8 cm³/mol. The van der Waals surface area contributed by atoms with E-state index in [-0.39, 0.29) is 5.91 Å². The Kier molecular flexibility index (Phi) is 5.71. The average Bonchev–Trinajstić information content (AvgIpc) is 2.62. The fourth-order valence-electron chi connectivity index (χ4n) is 2.34. The summed E-state index contributed by atoms with van der Waals surface area (Å²) in [5, 5.41) is 8.78. The molecule has 2 aromatic carbocycles. The van der Waals surface area contributed by atoms with Gasteiger partial charge in [0.05, 0.1) is 17.7 Å². The lowest BCUT2D eigenvalue weighted by molar-refractivity contribution is -0.138. The molecule has 0 radical (unpaired) electrons. The smallest absolute Gasteiger partial charge is 0.263 e. The van der Waals surface area contributed by atoms with Crippen molar-refractivity contribution in [3.8, 4) is 11.8 Å². The molecule has 2 atom stereocenters. The van der Waals surface area contributed by atoms with Gasteiger partial charge >= 0.3 is 0 Å². The van der Waals surface area contributed by atoms with Gasteiger partial charge in [0.25, 0.3) is 5.91 Å². The maximum Gasteiger partial charge on any atom is 0.263 e. The van der Waals surface area contributed by atoms with Gasteiger partial charge in [-0.25, -0.2) is 8.78 Å². The standard InChI is InChI=1S/C19H18F2N2O2/c1-12(15-6-9-17(20)18(21)10-15)23(3)19(24)13(2)25-16-7-4-14(11-22)5-8-16/h4-10,12-13H,1-3H3. The number of hydrogen-bond donors (Lipinski definition) is 0. The Balaban J connectivity index is 2.06. The zero-order valence-electron chi connectivity index (χ0n) is 14.2. The molecular formula is C19H18F2N2O2. The highest BCUT2D eigenvalue weighted by molar-refractivity contribution is 5.81. The minimum Gasteiger partial charge on any atom is -0.481 e. The van der Waals surface area contributed by atoms with E-state index in [0.29, 0.717) is 16.9 Å². The SMILES string of the molecule is CC(Oc1ccc(C#N)cc1)C(=O)N(C)C(C)c1ccc(F)c(F)c1. The number of nitrogens with zero attached hydrogens (tertiary/aromatic N) is 2. The largest absolute Gasteiger partial charge is 0.481 e. The molecule has 0 aromatic heterocycles. The van der Waals surface area contributed by atoms with Gasteiger partial charge in [-0.05, 0) is 55.8 Å². The summed E-state index contributed by atoms with van der Waals surface area (Å²) in [6, 6.07) is 11.5. The molecule has 0 spiro atoms. The molecular weight excluding hydrogens is 326 g/mol. The van der Waals surface area contributed by atoms with Gasteiger partial charge in [-0.2, -0.15) is 5.26 Å². The van der Waals surface area contributed by atoms with Gasteiger partial charge in [-0.1, -0.05) is 6.07 Å². The molecule has 130 valence electrons. The fourth-order valence-corrected chi connectivity index (χ4v) is 2.34. The van der Waals surface area contributed by atoms with Crippen molar-refractivity contribution in [2.24, 2.45) is 0 Å². The summed E-state index contributed by atoms with van der Waals surface area (Å²) >= 11 is 0. The highest BCUT2D eigenvalue weighted by atomic mass is 19.2. The van der Waals surface area contributed by atoms with Gasteiger partial charge < -0.3 is 9.64 Å². The minimum absolute atomic E-state index is 0.304. The molecule has 0 saturated carbocycles. The lowest BCUT2D eigenvalue weighted by atomic mass is 10.1. The second-order valence-corrected chi connectivity index (χ2v) is 5.69. The zero-order chi connectivity index (χ0) is 18.6. The summed E-state index contributed by atoms with van der Waals surface area (Å²) in [7, 11) is 1.58. The molecule has 4 nitrogen and oxygen atoms in total. The van der Waals surface area contributed by atoms with Crippen LogP contribution in [0.5, 0.6) is 5.75 Å². The number of halogens is 2. The van der Waals surface area contributed by atoms with Gasteiger partial charge in [0.15, 0.2) is 17.7 Å². The van der Waals surface area contributed by atoms with Crippen LogP contribution in [-0.4, -0.2) is 24.0 Å². The van der Waals surface area contributed by atoms with Crippen LogP contribution in [0.3, 0.4) is 0 Å². The average molecular weight is 344 g/mol. The minimum atomic E-state index is -0.952. The molecule has 0 saturated heterocycles. The lowest BCUT2D eigenvalue weighted by Crippen LogP contribution is -2.39. The van der Waals surface area contributed by atoms with Gasteiger partial charge in [-0.3, -0.25) is 4.79 Å². The van der Waals surface area contributed by atoms with E-state index in [1.54, 1.807) is 45.2 Å². The van der Waals surface area contributed by atoms with E-state index < -0.39 is 23.8 Å². The Morgan fingerprint density at radius 3 is 2.32 bits per heavy atom. The monoisotopic (exact) mass is 344 g/mol. The number of ether oxygens (including phenoxy) is 1. The maximum absolute atomic E-state index is 13.4. The van der Waals surface area contributed by atoms with Crippen LogP contribution in [-0.2, 0) is 4.79 Å². The van der Waals surface area contributed by atoms with Crippen LogP contribution >= 0.6 is 0 Å². The van der Waals surface area contributed by atoms with Crippen molar-refractivity contribution in [1.82, 2.24) is 4.90 Å². The summed E-state index contributed by atoms with van der Waals surface area (Å²) in [6.07, 6.45) is -0.773. The zero-order valence-corrected chi connectivity index (χ0v) is 14.2. The number of amides is 1. The second-order valence-electron chi connectivity index (χ2n) is 5.69. The van der Waals surface area contributed by atoms with Crippen LogP contribution in [0, 0.1) is 23.0 Å². The van der Waals surface area contributed by atoms with Crippen LogP contribution in [0.4, 0.5) is 8.78 Å². The number of rotatable bonds is 5. The van der Waals surface area contributed by atoms with Crippen LogP contribution in [0.2, 0.25) is 0 Å². The Hall–Kier alpha value is -2.94. The number of likely N-dealkylation sites (N-methyl/N-ethyl adjacent to an activating group) is 1. The summed E-state index contributed by atoms with van der Waals surface area (Å²) < 4.78 is 32.0. The molecule has 0 aliphatic heterocycles. The lowest BCUT2D eigenvalue weighted by Gasteiger charge is -2.28. The number of carbonyl (C=O) groups is 1. The van der Waals surface area contributed by atoms with Gasteiger partial charge in [-0.15, -0.1) is 0 Å². The number of benzene rings is 2.